The van der Waals surface area contributed by atoms with Gasteiger partial charge in [0.1, 0.15) is 0 Å². The molecule has 1 heterocycles. The van der Waals surface area contributed by atoms with E-state index in [0.717, 1.165) is 31.7 Å². The summed E-state index contributed by atoms with van der Waals surface area (Å²) >= 11 is 5.78. The summed E-state index contributed by atoms with van der Waals surface area (Å²) < 4.78 is 5.27. The van der Waals surface area contributed by atoms with Crippen LogP contribution in [0.15, 0.2) is 24.3 Å². The predicted molar refractivity (Wildman–Crippen MR) is 68.2 cm³/mol. The van der Waals surface area contributed by atoms with Gasteiger partial charge in [0.15, 0.2) is 0 Å². The Hall–Kier alpha value is -1.06. The second-order valence-electron chi connectivity index (χ2n) is 4.31. The zero-order valence-electron chi connectivity index (χ0n) is 9.62. The van der Waals surface area contributed by atoms with Crippen molar-refractivity contribution in [2.45, 2.75) is 19.3 Å². The molecule has 0 aromatic heterocycles. The van der Waals surface area contributed by atoms with Crippen LogP contribution in [0, 0.1) is 5.92 Å². The Labute approximate surface area is 106 Å². The van der Waals surface area contributed by atoms with Crippen molar-refractivity contribution in [1.29, 1.82) is 0 Å². The Morgan fingerprint density at radius 1 is 1.29 bits per heavy atom. The van der Waals surface area contributed by atoms with Gasteiger partial charge in [0.2, 0.25) is 5.91 Å². The molecule has 2 rings (SSSR count). The summed E-state index contributed by atoms with van der Waals surface area (Å²) in [5.41, 5.74) is 0.798. The van der Waals surface area contributed by atoms with Crippen molar-refractivity contribution >= 4 is 23.2 Å². The van der Waals surface area contributed by atoms with Crippen molar-refractivity contribution < 1.29 is 9.53 Å². The zero-order chi connectivity index (χ0) is 12.1. The highest BCUT2D eigenvalue weighted by atomic mass is 35.5. The number of carbonyl (C=O) groups is 1. The summed E-state index contributed by atoms with van der Waals surface area (Å²) in [6.45, 7) is 1.55. The average Bonchev–Trinajstić information content (AvgIpc) is 2.33. The Morgan fingerprint density at radius 2 is 1.94 bits per heavy atom. The third kappa shape index (κ3) is 4.02. The SMILES string of the molecule is O=C(CC1CCOCC1)Nc1ccc(Cl)cc1. The molecular weight excluding hydrogens is 238 g/mol. The van der Waals surface area contributed by atoms with Gasteiger partial charge in [-0.3, -0.25) is 4.79 Å². The maximum Gasteiger partial charge on any atom is 0.224 e. The summed E-state index contributed by atoms with van der Waals surface area (Å²) in [6.07, 6.45) is 2.54. The molecule has 1 aromatic rings. The number of amides is 1. The monoisotopic (exact) mass is 253 g/mol. The van der Waals surface area contributed by atoms with Gasteiger partial charge >= 0.3 is 0 Å². The first-order valence-electron chi connectivity index (χ1n) is 5.87. The van der Waals surface area contributed by atoms with Crippen molar-refractivity contribution in [3.63, 3.8) is 0 Å². The van der Waals surface area contributed by atoms with Crippen LogP contribution in [0.3, 0.4) is 0 Å². The van der Waals surface area contributed by atoms with E-state index >= 15 is 0 Å². The van der Waals surface area contributed by atoms with Gasteiger partial charge in [0.25, 0.3) is 0 Å². The predicted octanol–water partition coefficient (Wildman–Crippen LogP) is 3.10. The highest BCUT2D eigenvalue weighted by Gasteiger charge is 2.17. The minimum Gasteiger partial charge on any atom is -0.381 e. The quantitative estimate of drug-likeness (QED) is 0.899. The van der Waals surface area contributed by atoms with E-state index in [1.807, 2.05) is 12.1 Å². The van der Waals surface area contributed by atoms with Gasteiger partial charge in [-0.15, -0.1) is 0 Å². The van der Waals surface area contributed by atoms with E-state index in [0.29, 0.717) is 17.4 Å². The van der Waals surface area contributed by atoms with Crippen molar-refractivity contribution in [2.75, 3.05) is 18.5 Å². The van der Waals surface area contributed by atoms with E-state index in [2.05, 4.69) is 5.32 Å². The van der Waals surface area contributed by atoms with Gasteiger partial charge < -0.3 is 10.1 Å². The van der Waals surface area contributed by atoms with Gasteiger partial charge in [-0.2, -0.15) is 0 Å². The molecule has 1 N–H and O–H groups in total. The van der Waals surface area contributed by atoms with E-state index in [9.17, 15) is 4.79 Å². The smallest absolute Gasteiger partial charge is 0.224 e. The number of hydrogen-bond acceptors (Lipinski definition) is 2. The largest absolute Gasteiger partial charge is 0.381 e. The minimum absolute atomic E-state index is 0.0687. The number of hydrogen-bond donors (Lipinski definition) is 1. The molecule has 3 nitrogen and oxygen atoms in total. The molecule has 0 spiro atoms. The van der Waals surface area contributed by atoms with Gasteiger partial charge in [-0.25, -0.2) is 0 Å². The highest BCUT2D eigenvalue weighted by Crippen LogP contribution is 2.20. The lowest BCUT2D eigenvalue weighted by Crippen LogP contribution is -2.22. The van der Waals surface area contributed by atoms with Crippen molar-refractivity contribution in [3.05, 3.63) is 29.3 Å². The molecule has 0 unspecified atom stereocenters. The maximum atomic E-state index is 11.8. The van der Waals surface area contributed by atoms with E-state index in [4.69, 9.17) is 16.3 Å². The van der Waals surface area contributed by atoms with Gasteiger partial charge in [-0.05, 0) is 43.0 Å². The summed E-state index contributed by atoms with van der Waals surface area (Å²) in [4.78, 5) is 11.8. The average molecular weight is 254 g/mol. The van der Waals surface area contributed by atoms with Crippen LogP contribution in [-0.2, 0) is 9.53 Å². The molecule has 1 amide bonds. The van der Waals surface area contributed by atoms with Crippen LogP contribution in [0.4, 0.5) is 5.69 Å². The van der Waals surface area contributed by atoms with Crippen molar-refractivity contribution in [2.24, 2.45) is 5.92 Å². The molecule has 0 radical (unpaired) electrons. The van der Waals surface area contributed by atoms with E-state index in [1.54, 1.807) is 12.1 Å². The molecule has 1 aliphatic heterocycles. The lowest BCUT2D eigenvalue weighted by atomic mass is 9.96. The normalized spacial score (nSPS) is 16.8. The van der Waals surface area contributed by atoms with Gasteiger partial charge in [0, 0.05) is 30.3 Å². The van der Waals surface area contributed by atoms with Crippen LogP contribution >= 0.6 is 11.6 Å². The molecule has 1 saturated heterocycles. The first-order chi connectivity index (χ1) is 8.24. The Bertz CT molecular complexity index is 372. The lowest BCUT2D eigenvalue weighted by Gasteiger charge is -2.21. The summed E-state index contributed by atoms with van der Waals surface area (Å²) in [6, 6.07) is 7.16. The standard InChI is InChI=1S/C13H16ClNO2/c14-11-1-3-12(4-2-11)15-13(16)9-10-5-7-17-8-6-10/h1-4,10H,5-9H2,(H,15,16). The first-order valence-corrected chi connectivity index (χ1v) is 6.25. The summed E-state index contributed by atoms with van der Waals surface area (Å²) in [5.74, 6) is 0.523. The second-order valence-corrected chi connectivity index (χ2v) is 4.75. The molecule has 0 saturated carbocycles. The van der Waals surface area contributed by atoms with E-state index < -0.39 is 0 Å². The molecule has 1 fully saturated rings. The number of carbonyl (C=O) groups excluding carboxylic acids is 1. The third-order valence-electron chi connectivity index (χ3n) is 2.94. The Morgan fingerprint density at radius 3 is 2.59 bits per heavy atom. The highest BCUT2D eigenvalue weighted by molar-refractivity contribution is 6.30. The molecule has 4 heteroatoms. The fourth-order valence-corrected chi connectivity index (χ4v) is 2.08. The molecular formula is C13H16ClNO2. The zero-order valence-corrected chi connectivity index (χ0v) is 10.4. The Kier molecular flexibility index (Phi) is 4.40. The number of rotatable bonds is 3. The first kappa shape index (κ1) is 12.4. The molecule has 92 valence electrons. The molecule has 0 aliphatic carbocycles. The summed E-state index contributed by atoms with van der Waals surface area (Å²) in [5, 5.41) is 3.55. The number of nitrogens with one attached hydrogen (secondary N) is 1. The molecule has 0 atom stereocenters. The van der Waals surface area contributed by atoms with Crippen LogP contribution in [-0.4, -0.2) is 19.1 Å². The van der Waals surface area contributed by atoms with Crippen molar-refractivity contribution in [1.82, 2.24) is 0 Å². The van der Waals surface area contributed by atoms with Crippen molar-refractivity contribution in [3.8, 4) is 0 Å². The number of ether oxygens (including phenoxy) is 1. The fourth-order valence-electron chi connectivity index (χ4n) is 1.96. The van der Waals surface area contributed by atoms with E-state index in [1.165, 1.54) is 0 Å². The minimum atomic E-state index is 0.0687. The Balaban J connectivity index is 1.82. The van der Waals surface area contributed by atoms with E-state index in [-0.39, 0.29) is 5.91 Å². The van der Waals surface area contributed by atoms with Crippen LogP contribution in [0.25, 0.3) is 0 Å². The van der Waals surface area contributed by atoms with Crippen LogP contribution < -0.4 is 5.32 Å². The van der Waals surface area contributed by atoms with Gasteiger partial charge in [0.05, 0.1) is 0 Å². The molecule has 1 aliphatic rings. The second kappa shape index (κ2) is 6.03. The molecule has 1 aromatic carbocycles. The third-order valence-corrected chi connectivity index (χ3v) is 3.19. The number of benzene rings is 1. The fraction of sp³-hybridized carbons (Fsp3) is 0.462. The van der Waals surface area contributed by atoms with Crippen LogP contribution in [0.2, 0.25) is 5.02 Å². The number of anilines is 1. The molecule has 0 bridgehead atoms. The summed E-state index contributed by atoms with van der Waals surface area (Å²) in [7, 11) is 0. The maximum absolute atomic E-state index is 11.8. The topological polar surface area (TPSA) is 38.3 Å². The van der Waals surface area contributed by atoms with Crippen LogP contribution in [0.5, 0.6) is 0 Å². The van der Waals surface area contributed by atoms with Crippen LogP contribution in [0.1, 0.15) is 19.3 Å². The molecule has 17 heavy (non-hydrogen) atoms. The lowest BCUT2D eigenvalue weighted by molar-refractivity contribution is -0.117. The van der Waals surface area contributed by atoms with Gasteiger partial charge in [-0.1, -0.05) is 11.6 Å². The number of halogens is 1.